The number of carbonyl (C=O) groups is 3. The first-order chi connectivity index (χ1) is 19.2. The first-order valence-corrected chi connectivity index (χ1v) is 12.6. The number of carbonyl (C=O) groups excluding carboxylic acids is 3. The number of benzene rings is 3. The van der Waals surface area contributed by atoms with Crippen molar-refractivity contribution in [1.29, 1.82) is 0 Å². The Balaban J connectivity index is 1.69. The van der Waals surface area contributed by atoms with E-state index in [9.17, 15) is 18.8 Å². The minimum atomic E-state index is -1.07. The lowest BCUT2D eigenvalue weighted by Crippen LogP contribution is -2.43. The van der Waals surface area contributed by atoms with Gasteiger partial charge in [-0.15, -0.1) is 0 Å². The summed E-state index contributed by atoms with van der Waals surface area (Å²) in [6, 6.07) is 20.8. The molecule has 1 aromatic heterocycles. The fourth-order valence-corrected chi connectivity index (χ4v) is 4.18. The van der Waals surface area contributed by atoms with Crippen LogP contribution in [0.5, 0.6) is 0 Å². The molecule has 8 nitrogen and oxygen atoms in total. The third-order valence-corrected chi connectivity index (χ3v) is 6.14. The molecule has 2 N–H and O–H groups in total. The summed E-state index contributed by atoms with van der Waals surface area (Å²) in [5, 5.41) is 9.14. The zero-order valence-electron chi connectivity index (χ0n) is 22.4. The predicted molar refractivity (Wildman–Crippen MR) is 150 cm³/mol. The topological polar surface area (TPSA) is 105 Å². The molecule has 3 amide bonds. The lowest BCUT2D eigenvalue weighted by molar-refractivity contribution is -0.125. The zero-order valence-corrected chi connectivity index (χ0v) is 22.4. The highest BCUT2D eigenvalue weighted by Gasteiger charge is 2.33. The second kappa shape index (κ2) is 12.7. The fraction of sp³-hybridized carbons (Fsp3) is 0.161. The van der Waals surface area contributed by atoms with Crippen molar-refractivity contribution in [2.75, 3.05) is 10.2 Å². The van der Waals surface area contributed by atoms with Gasteiger partial charge >= 0.3 is 0 Å². The lowest BCUT2D eigenvalue weighted by Gasteiger charge is -2.32. The van der Waals surface area contributed by atoms with Gasteiger partial charge in [0.05, 0.1) is 0 Å². The van der Waals surface area contributed by atoms with Crippen LogP contribution in [0.3, 0.4) is 0 Å². The van der Waals surface area contributed by atoms with E-state index in [-0.39, 0.29) is 18.2 Å². The molecule has 40 heavy (non-hydrogen) atoms. The van der Waals surface area contributed by atoms with E-state index in [0.717, 1.165) is 23.3 Å². The first kappa shape index (κ1) is 28.0. The SMILES string of the molecule is Cc1cccc(N(C(=O)C=CC(=O)Nc2cc(C)on2)C(C(=O)NCc2ccc(F)cc2)c2ccccc2C)c1. The molecule has 1 heterocycles. The Morgan fingerprint density at radius 1 is 0.950 bits per heavy atom. The highest BCUT2D eigenvalue weighted by molar-refractivity contribution is 6.10. The average Bonchev–Trinajstić information content (AvgIpc) is 3.34. The van der Waals surface area contributed by atoms with Crippen LogP contribution in [0, 0.1) is 26.6 Å². The molecule has 3 aromatic carbocycles. The van der Waals surface area contributed by atoms with Crippen LogP contribution < -0.4 is 15.5 Å². The van der Waals surface area contributed by atoms with Gasteiger partial charge < -0.3 is 15.2 Å². The number of amides is 3. The van der Waals surface area contributed by atoms with Crippen molar-refractivity contribution in [2.45, 2.75) is 33.4 Å². The number of anilines is 2. The van der Waals surface area contributed by atoms with E-state index in [1.165, 1.54) is 17.0 Å². The van der Waals surface area contributed by atoms with Gasteiger partial charge in [0.2, 0.25) is 11.8 Å². The van der Waals surface area contributed by atoms with Crippen molar-refractivity contribution in [3.05, 3.63) is 125 Å². The van der Waals surface area contributed by atoms with Gasteiger partial charge in [0.15, 0.2) is 5.82 Å². The summed E-state index contributed by atoms with van der Waals surface area (Å²) in [5.41, 5.74) is 3.48. The third-order valence-electron chi connectivity index (χ3n) is 6.14. The normalized spacial score (nSPS) is 11.7. The molecule has 0 fully saturated rings. The summed E-state index contributed by atoms with van der Waals surface area (Å²) in [4.78, 5) is 41.4. The Morgan fingerprint density at radius 2 is 1.70 bits per heavy atom. The monoisotopic (exact) mass is 540 g/mol. The molecule has 0 radical (unpaired) electrons. The maximum absolute atomic E-state index is 13.8. The number of hydrogen-bond donors (Lipinski definition) is 2. The van der Waals surface area contributed by atoms with Crippen LogP contribution in [-0.4, -0.2) is 22.9 Å². The smallest absolute Gasteiger partial charge is 0.252 e. The van der Waals surface area contributed by atoms with Gasteiger partial charge in [0.25, 0.3) is 5.91 Å². The Morgan fingerprint density at radius 3 is 2.38 bits per heavy atom. The summed E-state index contributed by atoms with van der Waals surface area (Å²) in [5.74, 6) is -1.24. The minimum absolute atomic E-state index is 0.132. The van der Waals surface area contributed by atoms with Crippen LogP contribution in [0.1, 0.15) is 34.1 Å². The van der Waals surface area contributed by atoms with Crippen molar-refractivity contribution in [1.82, 2.24) is 10.5 Å². The van der Waals surface area contributed by atoms with E-state index in [2.05, 4.69) is 15.8 Å². The number of nitrogens with one attached hydrogen (secondary N) is 2. The molecule has 0 aliphatic carbocycles. The molecule has 4 aromatic rings. The quantitative estimate of drug-likeness (QED) is 0.280. The molecule has 4 rings (SSSR count). The van der Waals surface area contributed by atoms with Crippen LogP contribution in [0.15, 0.2) is 95.5 Å². The maximum Gasteiger partial charge on any atom is 0.252 e. The molecule has 0 spiro atoms. The molecule has 1 atom stereocenters. The Bertz CT molecular complexity index is 1540. The van der Waals surface area contributed by atoms with Gasteiger partial charge in [-0.25, -0.2) is 4.39 Å². The second-order valence-electron chi connectivity index (χ2n) is 9.30. The van der Waals surface area contributed by atoms with E-state index < -0.39 is 23.8 Å². The highest BCUT2D eigenvalue weighted by atomic mass is 19.1. The van der Waals surface area contributed by atoms with Gasteiger partial charge in [0.1, 0.15) is 17.6 Å². The standard InChI is InChI=1S/C31H29FN4O4/c1-20-7-6-9-25(17-20)36(29(38)16-15-28(37)34-27-18-22(3)40-35-27)30(26-10-5-4-8-21(26)2)31(39)33-19-23-11-13-24(32)14-12-23/h4-18,30H,19H2,1-3H3,(H,33,39)(H,34,35,37). The summed E-state index contributed by atoms with van der Waals surface area (Å²) in [7, 11) is 0. The maximum atomic E-state index is 13.8. The van der Waals surface area contributed by atoms with Gasteiger partial charge in [0, 0.05) is 30.5 Å². The Hall–Kier alpha value is -5.05. The first-order valence-electron chi connectivity index (χ1n) is 12.6. The summed E-state index contributed by atoms with van der Waals surface area (Å²) >= 11 is 0. The Kier molecular flexibility index (Phi) is 8.86. The number of nitrogens with zero attached hydrogens (tertiary/aromatic N) is 2. The van der Waals surface area contributed by atoms with Crippen LogP contribution in [-0.2, 0) is 20.9 Å². The largest absolute Gasteiger partial charge is 0.360 e. The van der Waals surface area contributed by atoms with Crippen LogP contribution in [0.4, 0.5) is 15.9 Å². The van der Waals surface area contributed by atoms with E-state index in [0.29, 0.717) is 22.6 Å². The van der Waals surface area contributed by atoms with Crippen LogP contribution >= 0.6 is 0 Å². The Labute approximate surface area is 231 Å². The lowest BCUT2D eigenvalue weighted by atomic mass is 9.97. The van der Waals surface area contributed by atoms with Gasteiger partial charge in [-0.3, -0.25) is 19.3 Å². The predicted octanol–water partition coefficient (Wildman–Crippen LogP) is 5.32. The van der Waals surface area contributed by atoms with E-state index in [1.54, 1.807) is 55.5 Å². The zero-order chi connectivity index (χ0) is 28.6. The number of rotatable bonds is 9. The number of halogens is 1. The molecule has 1 unspecified atom stereocenters. The fourth-order valence-electron chi connectivity index (χ4n) is 4.18. The molecular formula is C31H29FN4O4. The minimum Gasteiger partial charge on any atom is -0.360 e. The number of aryl methyl sites for hydroxylation is 3. The van der Waals surface area contributed by atoms with Crippen molar-refractivity contribution in [3.8, 4) is 0 Å². The van der Waals surface area contributed by atoms with E-state index in [4.69, 9.17) is 4.52 Å². The highest BCUT2D eigenvalue weighted by Crippen LogP contribution is 2.31. The van der Waals surface area contributed by atoms with Gasteiger partial charge in [-0.2, -0.15) is 0 Å². The average molecular weight is 541 g/mol. The number of aromatic nitrogens is 1. The molecule has 0 saturated heterocycles. The third kappa shape index (κ3) is 7.08. The molecule has 0 bridgehead atoms. The van der Waals surface area contributed by atoms with Crippen LogP contribution in [0.2, 0.25) is 0 Å². The molecule has 9 heteroatoms. The van der Waals surface area contributed by atoms with Crippen molar-refractivity contribution in [2.24, 2.45) is 0 Å². The van der Waals surface area contributed by atoms with Crippen molar-refractivity contribution < 1.29 is 23.3 Å². The molecule has 0 aliphatic heterocycles. The van der Waals surface area contributed by atoms with E-state index >= 15 is 0 Å². The summed E-state index contributed by atoms with van der Waals surface area (Å²) in [6.07, 6.45) is 2.20. The van der Waals surface area contributed by atoms with Gasteiger partial charge in [-0.1, -0.05) is 53.7 Å². The van der Waals surface area contributed by atoms with Crippen molar-refractivity contribution in [3.63, 3.8) is 0 Å². The summed E-state index contributed by atoms with van der Waals surface area (Å²) in [6.45, 7) is 5.56. The van der Waals surface area contributed by atoms with Crippen LogP contribution in [0.25, 0.3) is 0 Å². The molecule has 204 valence electrons. The molecule has 0 aliphatic rings. The second-order valence-corrected chi connectivity index (χ2v) is 9.30. The van der Waals surface area contributed by atoms with Crippen molar-refractivity contribution >= 4 is 29.2 Å². The number of hydrogen-bond acceptors (Lipinski definition) is 5. The van der Waals surface area contributed by atoms with E-state index in [1.807, 2.05) is 32.0 Å². The molecule has 0 saturated carbocycles. The molecular weight excluding hydrogens is 511 g/mol. The summed E-state index contributed by atoms with van der Waals surface area (Å²) < 4.78 is 18.3. The van der Waals surface area contributed by atoms with Gasteiger partial charge in [-0.05, 0) is 67.3 Å².